The van der Waals surface area contributed by atoms with E-state index in [2.05, 4.69) is 16.0 Å². The molecular formula is C17H32N4O5. The van der Waals surface area contributed by atoms with Gasteiger partial charge in [-0.1, -0.05) is 40.5 Å². The molecule has 0 saturated heterocycles. The van der Waals surface area contributed by atoms with Crippen LogP contribution >= 0.6 is 0 Å². The number of nitrogens with one attached hydrogen (secondary N) is 3. The van der Waals surface area contributed by atoms with E-state index in [4.69, 9.17) is 10.8 Å². The number of aliphatic carboxylic acids is 1. The standard InChI is InChI=1S/C17H32N4O5/c1-6-9(3)13(18)16(24)20-11(5)15(23)19-8-12(22)21-14(17(25)26)10(4)7-2/h9-11,13-14H,6-8,18H2,1-5H3,(H,19,23)(H,20,24)(H,21,22)(H,25,26). The zero-order valence-electron chi connectivity index (χ0n) is 16.2. The number of rotatable bonds is 11. The molecule has 0 aromatic carbocycles. The lowest BCUT2D eigenvalue weighted by Gasteiger charge is -2.22. The largest absolute Gasteiger partial charge is 0.480 e. The molecule has 0 fully saturated rings. The van der Waals surface area contributed by atoms with Crippen molar-refractivity contribution in [1.29, 1.82) is 0 Å². The average Bonchev–Trinajstić information content (AvgIpc) is 2.61. The molecule has 0 aliphatic heterocycles. The number of carboxylic acids is 1. The minimum Gasteiger partial charge on any atom is -0.480 e. The van der Waals surface area contributed by atoms with Crippen LogP contribution in [0.15, 0.2) is 0 Å². The number of amides is 3. The third-order valence-electron chi connectivity index (χ3n) is 4.53. The highest BCUT2D eigenvalue weighted by molar-refractivity contribution is 5.92. The maximum atomic E-state index is 12.0. The van der Waals surface area contributed by atoms with Crippen molar-refractivity contribution in [3.05, 3.63) is 0 Å². The van der Waals surface area contributed by atoms with Gasteiger partial charge in [0.25, 0.3) is 0 Å². The Labute approximate surface area is 154 Å². The van der Waals surface area contributed by atoms with E-state index in [0.717, 1.165) is 6.42 Å². The summed E-state index contributed by atoms with van der Waals surface area (Å²) in [4.78, 5) is 47.0. The van der Waals surface area contributed by atoms with E-state index in [1.54, 1.807) is 6.92 Å². The molecule has 0 aromatic heterocycles. The van der Waals surface area contributed by atoms with Gasteiger partial charge in [0, 0.05) is 0 Å². The summed E-state index contributed by atoms with van der Waals surface area (Å²) in [5.74, 6) is -2.99. The third-order valence-corrected chi connectivity index (χ3v) is 4.53. The van der Waals surface area contributed by atoms with Gasteiger partial charge in [-0.15, -0.1) is 0 Å². The van der Waals surface area contributed by atoms with Crippen molar-refractivity contribution < 1.29 is 24.3 Å². The van der Waals surface area contributed by atoms with Crippen molar-refractivity contribution in [3.8, 4) is 0 Å². The van der Waals surface area contributed by atoms with Gasteiger partial charge in [0.15, 0.2) is 0 Å². The second-order valence-corrected chi connectivity index (χ2v) is 6.63. The van der Waals surface area contributed by atoms with Gasteiger partial charge in [0.05, 0.1) is 12.6 Å². The highest BCUT2D eigenvalue weighted by atomic mass is 16.4. The van der Waals surface area contributed by atoms with Gasteiger partial charge in [0.2, 0.25) is 17.7 Å². The fourth-order valence-electron chi connectivity index (χ4n) is 2.12. The molecule has 9 nitrogen and oxygen atoms in total. The van der Waals surface area contributed by atoms with E-state index < -0.39 is 41.8 Å². The maximum Gasteiger partial charge on any atom is 0.326 e. The molecule has 5 unspecified atom stereocenters. The van der Waals surface area contributed by atoms with Crippen LogP contribution in [0.25, 0.3) is 0 Å². The molecule has 6 N–H and O–H groups in total. The van der Waals surface area contributed by atoms with Gasteiger partial charge in [-0.25, -0.2) is 4.79 Å². The van der Waals surface area contributed by atoms with E-state index in [-0.39, 0.29) is 18.4 Å². The SMILES string of the molecule is CCC(C)C(N)C(=O)NC(C)C(=O)NCC(=O)NC(C(=O)O)C(C)CC. The molecule has 0 aliphatic carbocycles. The Morgan fingerprint density at radius 3 is 1.92 bits per heavy atom. The maximum absolute atomic E-state index is 12.0. The topological polar surface area (TPSA) is 151 Å². The van der Waals surface area contributed by atoms with Crippen molar-refractivity contribution in [1.82, 2.24) is 16.0 Å². The predicted molar refractivity (Wildman–Crippen MR) is 97.1 cm³/mol. The number of hydrogen-bond acceptors (Lipinski definition) is 5. The molecule has 0 saturated carbocycles. The molecule has 0 rings (SSSR count). The zero-order chi connectivity index (χ0) is 20.4. The molecule has 150 valence electrons. The van der Waals surface area contributed by atoms with Crippen molar-refractivity contribution in [2.45, 2.75) is 65.6 Å². The van der Waals surface area contributed by atoms with Crippen LogP contribution in [0.4, 0.5) is 0 Å². The minimum atomic E-state index is -1.13. The highest BCUT2D eigenvalue weighted by Crippen LogP contribution is 2.07. The molecule has 5 atom stereocenters. The Morgan fingerprint density at radius 1 is 0.923 bits per heavy atom. The summed E-state index contributed by atoms with van der Waals surface area (Å²) in [6.07, 6.45) is 1.32. The van der Waals surface area contributed by atoms with Gasteiger partial charge < -0.3 is 26.8 Å². The normalized spacial score (nSPS) is 16.5. The number of carboxylic acid groups (broad SMARTS) is 1. The second-order valence-electron chi connectivity index (χ2n) is 6.63. The molecule has 9 heteroatoms. The first-order valence-corrected chi connectivity index (χ1v) is 8.90. The number of hydrogen-bond donors (Lipinski definition) is 5. The Bertz CT molecular complexity index is 511. The molecule has 0 bridgehead atoms. The number of carbonyl (C=O) groups is 4. The summed E-state index contributed by atoms with van der Waals surface area (Å²) in [6.45, 7) is 8.40. The summed E-state index contributed by atoms with van der Waals surface area (Å²) >= 11 is 0. The monoisotopic (exact) mass is 372 g/mol. The van der Waals surface area contributed by atoms with Gasteiger partial charge in [-0.2, -0.15) is 0 Å². The van der Waals surface area contributed by atoms with Crippen LogP contribution in [0.5, 0.6) is 0 Å². The first-order chi connectivity index (χ1) is 12.0. The summed E-state index contributed by atoms with van der Waals surface area (Å²) in [5.41, 5.74) is 5.80. The summed E-state index contributed by atoms with van der Waals surface area (Å²) in [5, 5.41) is 16.4. The van der Waals surface area contributed by atoms with Crippen LogP contribution in [-0.4, -0.2) is 53.5 Å². The Kier molecular flexibility index (Phi) is 10.5. The fourth-order valence-corrected chi connectivity index (χ4v) is 2.12. The van der Waals surface area contributed by atoms with Crippen LogP contribution in [-0.2, 0) is 19.2 Å². The lowest BCUT2D eigenvalue weighted by atomic mass is 9.99. The van der Waals surface area contributed by atoms with Gasteiger partial charge in [-0.3, -0.25) is 14.4 Å². The Hall–Kier alpha value is -2.16. The van der Waals surface area contributed by atoms with E-state index in [0.29, 0.717) is 6.42 Å². The van der Waals surface area contributed by atoms with Crippen LogP contribution in [0.2, 0.25) is 0 Å². The highest BCUT2D eigenvalue weighted by Gasteiger charge is 2.26. The summed E-state index contributed by atoms with van der Waals surface area (Å²) in [6, 6.07) is -2.60. The van der Waals surface area contributed by atoms with E-state index >= 15 is 0 Å². The van der Waals surface area contributed by atoms with Gasteiger partial charge >= 0.3 is 5.97 Å². The summed E-state index contributed by atoms with van der Waals surface area (Å²) < 4.78 is 0. The van der Waals surface area contributed by atoms with Crippen molar-refractivity contribution >= 4 is 23.7 Å². The van der Waals surface area contributed by atoms with Gasteiger partial charge in [0.1, 0.15) is 12.1 Å². The van der Waals surface area contributed by atoms with Crippen LogP contribution < -0.4 is 21.7 Å². The first kappa shape index (κ1) is 23.8. The molecule has 0 heterocycles. The Morgan fingerprint density at radius 2 is 1.46 bits per heavy atom. The molecule has 0 aliphatic rings. The van der Waals surface area contributed by atoms with E-state index in [1.807, 2.05) is 20.8 Å². The zero-order valence-corrected chi connectivity index (χ0v) is 16.2. The smallest absolute Gasteiger partial charge is 0.326 e. The van der Waals surface area contributed by atoms with Crippen molar-refractivity contribution in [2.24, 2.45) is 17.6 Å². The summed E-state index contributed by atoms with van der Waals surface area (Å²) in [7, 11) is 0. The molecule has 0 spiro atoms. The molecule has 3 amide bonds. The lowest BCUT2D eigenvalue weighted by Crippen LogP contribution is -2.53. The average molecular weight is 372 g/mol. The lowest BCUT2D eigenvalue weighted by molar-refractivity contribution is -0.143. The predicted octanol–water partition coefficient (Wildman–Crippen LogP) is -0.404. The van der Waals surface area contributed by atoms with Crippen molar-refractivity contribution in [3.63, 3.8) is 0 Å². The number of nitrogens with two attached hydrogens (primary N) is 1. The van der Waals surface area contributed by atoms with Crippen molar-refractivity contribution in [2.75, 3.05) is 6.54 Å². The Balaban J connectivity index is 4.48. The molecule has 26 heavy (non-hydrogen) atoms. The van der Waals surface area contributed by atoms with E-state index in [1.165, 1.54) is 6.92 Å². The second kappa shape index (κ2) is 11.5. The van der Waals surface area contributed by atoms with E-state index in [9.17, 15) is 19.2 Å². The molecular weight excluding hydrogens is 340 g/mol. The third kappa shape index (κ3) is 7.81. The first-order valence-electron chi connectivity index (χ1n) is 8.90. The molecule has 0 aromatic rings. The fraction of sp³-hybridized carbons (Fsp3) is 0.765. The number of carbonyl (C=O) groups excluding carboxylic acids is 3. The quantitative estimate of drug-likeness (QED) is 0.333. The van der Waals surface area contributed by atoms with Gasteiger partial charge in [-0.05, 0) is 18.8 Å². The van der Waals surface area contributed by atoms with Crippen LogP contribution in [0.3, 0.4) is 0 Å². The minimum absolute atomic E-state index is 0.0236. The van der Waals surface area contributed by atoms with Crippen LogP contribution in [0.1, 0.15) is 47.5 Å². The molecule has 0 radical (unpaired) electrons. The van der Waals surface area contributed by atoms with Crippen LogP contribution in [0, 0.1) is 11.8 Å².